The predicted molar refractivity (Wildman–Crippen MR) is 78.3 cm³/mol. The second-order valence-electron chi connectivity index (χ2n) is 4.68. The number of aromatic amines is 1. The van der Waals surface area contributed by atoms with Gasteiger partial charge in [-0.05, 0) is 49.6 Å². The molecule has 0 saturated heterocycles. The number of hydrogen-bond donors (Lipinski definition) is 1. The molecule has 0 aliphatic rings. The van der Waals surface area contributed by atoms with E-state index in [1.54, 1.807) is 0 Å². The Labute approximate surface area is 111 Å². The summed E-state index contributed by atoms with van der Waals surface area (Å²) in [6.45, 7) is 6.42. The summed E-state index contributed by atoms with van der Waals surface area (Å²) in [6.07, 6.45) is 1.09. The SMILES string of the molecule is CCc1ccc(-c2nc3c(C)cc(C)cc3[nH]2)s1. The van der Waals surface area contributed by atoms with Crippen LogP contribution in [0.5, 0.6) is 0 Å². The van der Waals surface area contributed by atoms with E-state index in [0.717, 1.165) is 23.3 Å². The van der Waals surface area contributed by atoms with E-state index in [0.29, 0.717) is 0 Å². The molecule has 0 bridgehead atoms. The van der Waals surface area contributed by atoms with E-state index in [-0.39, 0.29) is 0 Å². The van der Waals surface area contributed by atoms with Crippen LogP contribution in [0.1, 0.15) is 22.9 Å². The summed E-state index contributed by atoms with van der Waals surface area (Å²) >= 11 is 1.82. The highest BCUT2D eigenvalue weighted by molar-refractivity contribution is 7.15. The molecular weight excluding hydrogens is 240 g/mol. The van der Waals surface area contributed by atoms with E-state index in [4.69, 9.17) is 4.98 Å². The summed E-state index contributed by atoms with van der Waals surface area (Å²) in [6, 6.07) is 8.68. The quantitative estimate of drug-likeness (QED) is 0.720. The molecule has 0 radical (unpaired) electrons. The second kappa shape index (κ2) is 4.25. The van der Waals surface area contributed by atoms with Crippen molar-refractivity contribution in [2.45, 2.75) is 27.2 Å². The zero-order valence-corrected chi connectivity index (χ0v) is 11.7. The molecule has 0 unspecified atom stereocenters. The number of fused-ring (bicyclic) bond motifs is 1. The first kappa shape index (κ1) is 11.5. The molecule has 2 nitrogen and oxygen atoms in total. The van der Waals surface area contributed by atoms with E-state index >= 15 is 0 Å². The molecule has 0 fully saturated rings. The number of nitrogens with zero attached hydrogens (tertiary/aromatic N) is 1. The van der Waals surface area contributed by atoms with Crippen LogP contribution >= 0.6 is 11.3 Å². The number of nitrogens with one attached hydrogen (secondary N) is 1. The van der Waals surface area contributed by atoms with Gasteiger partial charge in [-0.2, -0.15) is 0 Å². The molecule has 3 heteroatoms. The third-order valence-corrected chi connectivity index (χ3v) is 4.40. The van der Waals surface area contributed by atoms with E-state index in [1.165, 1.54) is 20.9 Å². The summed E-state index contributed by atoms with van der Waals surface area (Å²) in [5, 5.41) is 0. The van der Waals surface area contributed by atoms with Crippen LogP contribution in [-0.4, -0.2) is 9.97 Å². The monoisotopic (exact) mass is 256 g/mol. The van der Waals surface area contributed by atoms with Crippen LogP contribution in [0, 0.1) is 13.8 Å². The van der Waals surface area contributed by atoms with Crippen LogP contribution in [0.4, 0.5) is 0 Å². The molecule has 1 N–H and O–H groups in total. The normalized spacial score (nSPS) is 11.3. The molecule has 0 saturated carbocycles. The molecule has 1 aromatic carbocycles. The first-order valence-corrected chi connectivity index (χ1v) is 7.05. The van der Waals surface area contributed by atoms with Gasteiger partial charge in [0.15, 0.2) is 0 Å². The predicted octanol–water partition coefficient (Wildman–Crippen LogP) is 4.47. The maximum absolute atomic E-state index is 4.73. The Balaban J connectivity index is 2.16. The third kappa shape index (κ3) is 1.85. The molecule has 0 aliphatic heterocycles. The van der Waals surface area contributed by atoms with Gasteiger partial charge in [-0.3, -0.25) is 0 Å². The van der Waals surface area contributed by atoms with Gasteiger partial charge in [-0.1, -0.05) is 13.0 Å². The van der Waals surface area contributed by atoms with Gasteiger partial charge < -0.3 is 4.98 Å². The lowest BCUT2D eigenvalue weighted by Gasteiger charge is -1.96. The van der Waals surface area contributed by atoms with Gasteiger partial charge in [0.1, 0.15) is 5.82 Å². The largest absolute Gasteiger partial charge is 0.337 e. The molecule has 18 heavy (non-hydrogen) atoms. The van der Waals surface area contributed by atoms with Crippen molar-refractivity contribution in [1.82, 2.24) is 9.97 Å². The van der Waals surface area contributed by atoms with Gasteiger partial charge in [-0.25, -0.2) is 4.98 Å². The topological polar surface area (TPSA) is 28.7 Å². The Kier molecular flexibility index (Phi) is 2.71. The molecule has 92 valence electrons. The average Bonchev–Trinajstić information content (AvgIpc) is 2.93. The maximum Gasteiger partial charge on any atom is 0.148 e. The molecule has 3 rings (SSSR count). The van der Waals surface area contributed by atoms with Gasteiger partial charge in [0, 0.05) is 4.88 Å². The number of imidazole rings is 1. The summed E-state index contributed by atoms with van der Waals surface area (Å²) in [4.78, 5) is 10.8. The van der Waals surface area contributed by atoms with Gasteiger partial charge in [0.2, 0.25) is 0 Å². The Morgan fingerprint density at radius 3 is 2.78 bits per heavy atom. The van der Waals surface area contributed by atoms with Crippen LogP contribution in [0.3, 0.4) is 0 Å². The molecule has 0 aliphatic carbocycles. The first-order valence-electron chi connectivity index (χ1n) is 6.23. The zero-order valence-electron chi connectivity index (χ0n) is 10.9. The van der Waals surface area contributed by atoms with Crippen molar-refractivity contribution < 1.29 is 0 Å². The molecule has 0 amide bonds. The van der Waals surface area contributed by atoms with Crippen molar-refractivity contribution in [2.75, 3.05) is 0 Å². The van der Waals surface area contributed by atoms with Gasteiger partial charge in [0.05, 0.1) is 15.9 Å². The van der Waals surface area contributed by atoms with Gasteiger partial charge in [-0.15, -0.1) is 11.3 Å². The van der Waals surface area contributed by atoms with Gasteiger partial charge >= 0.3 is 0 Å². The minimum atomic E-state index is 0.989. The fourth-order valence-electron chi connectivity index (χ4n) is 2.28. The van der Waals surface area contributed by atoms with Crippen LogP contribution in [0.2, 0.25) is 0 Å². The highest BCUT2D eigenvalue weighted by Gasteiger charge is 2.09. The summed E-state index contributed by atoms with van der Waals surface area (Å²) < 4.78 is 0. The van der Waals surface area contributed by atoms with Crippen LogP contribution < -0.4 is 0 Å². The van der Waals surface area contributed by atoms with Crippen LogP contribution in [0.15, 0.2) is 24.3 Å². The molecule has 0 spiro atoms. The number of aromatic nitrogens is 2. The lowest BCUT2D eigenvalue weighted by Crippen LogP contribution is -1.79. The second-order valence-corrected chi connectivity index (χ2v) is 5.85. The number of aryl methyl sites for hydroxylation is 3. The molecule has 2 heterocycles. The summed E-state index contributed by atoms with van der Waals surface area (Å²) in [7, 11) is 0. The Morgan fingerprint density at radius 2 is 2.06 bits per heavy atom. The summed E-state index contributed by atoms with van der Waals surface area (Å²) in [5.74, 6) is 0.989. The molecule has 2 aromatic heterocycles. The van der Waals surface area contributed by atoms with Crippen molar-refractivity contribution in [3.8, 4) is 10.7 Å². The lowest BCUT2D eigenvalue weighted by molar-refractivity contribution is 1.19. The third-order valence-electron chi connectivity index (χ3n) is 3.17. The number of thiophene rings is 1. The zero-order chi connectivity index (χ0) is 12.7. The van der Waals surface area contributed by atoms with Crippen LogP contribution in [0.25, 0.3) is 21.7 Å². The minimum Gasteiger partial charge on any atom is -0.337 e. The highest BCUT2D eigenvalue weighted by atomic mass is 32.1. The number of rotatable bonds is 2. The number of benzene rings is 1. The Morgan fingerprint density at radius 1 is 1.22 bits per heavy atom. The Hall–Kier alpha value is -1.61. The minimum absolute atomic E-state index is 0.989. The fourth-order valence-corrected chi connectivity index (χ4v) is 3.18. The van der Waals surface area contributed by atoms with Gasteiger partial charge in [0.25, 0.3) is 0 Å². The molecule has 0 atom stereocenters. The number of H-pyrrole nitrogens is 1. The lowest BCUT2D eigenvalue weighted by atomic mass is 10.1. The smallest absolute Gasteiger partial charge is 0.148 e. The van der Waals surface area contributed by atoms with Crippen molar-refractivity contribution in [2.24, 2.45) is 0 Å². The fraction of sp³-hybridized carbons (Fsp3) is 0.267. The molecular formula is C15H16N2S. The van der Waals surface area contributed by atoms with E-state index in [1.807, 2.05) is 11.3 Å². The highest BCUT2D eigenvalue weighted by Crippen LogP contribution is 2.29. The standard InChI is InChI=1S/C15H16N2S/c1-4-11-5-6-13(18-11)15-16-12-8-9(2)7-10(3)14(12)17-15/h5-8H,4H2,1-3H3,(H,16,17). The number of hydrogen-bond acceptors (Lipinski definition) is 2. The van der Waals surface area contributed by atoms with E-state index < -0.39 is 0 Å². The van der Waals surface area contributed by atoms with E-state index in [2.05, 4.69) is 50.0 Å². The first-order chi connectivity index (χ1) is 8.67. The maximum atomic E-state index is 4.73. The molecule has 3 aromatic rings. The van der Waals surface area contributed by atoms with Crippen molar-refractivity contribution >= 4 is 22.4 Å². The Bertz CT molecular complexity index is 706. The van der Waals surface area contributed by atoms with Crippen molar-refractivity contribution in [3.63, 3.8) is 0 Å². The van der Waals surface area contributed by atoms with Crippen molar-refractivity contribution in [3.05, 3.63) is 40.3 Å². The van der Waals surface area contributed by atoms with Crippen molar-refractivity contribution in [1.29, 1.82) is 0 Å². The van der Waals surface area contributed by atoms with Crippen LogP contribution in [-0.2, 0) is 6.42 Å². The average molecular weight is 256 g/mol. The van der Waals surface area contributed by atoms with E-state index in [9.17, 15) is 0 Å². The summed E-state index contributed by atoms with van der Waals surface area (Å²) in [5.41, 5.74) is 4.73.